The Kier molecular flexibility index (Phi) is 5.02. The lowest BCUT2D eigenvalue weighted by Crippen LogP contribution is -2.27. The molecule has 0 aliphatic carbocycles. The van der Waals surface area contributed by atoms with Crippen molar-refractivity contribution in [1.82, 2.24) is 20.0 Å². The van der Waals surface area contributed by atoms with E-state index in [0.29, 0.717) is 35.4 Å². The number of benzene rings is 1. The molecule has 0 aliphatic heterocycles. The average molecular weight is 352 g/mol. The number of hydrogen-bond donors (Lipinski definition) is 0. The molecule has 0 spiro atoms. The zero-order valence-electron chi connectivity index (χ0n) is 15.9. The summed E-state index contributed by atoms with van der Waals surface area (Å²) in [5, 5.41) is 4.94. The number of nitrogens with zero attached hydrogens (tertiary/aromatic N) is 4. The molecule has 6 heteroatoms. The van der Waals surface area contributed by atoms with Gasteiger partial charge in [-0.25, -0.2) is 0 Å². The summed E-state index contributed by atoms with van der Waals surface area (Å²) in [6.45, 7) is 8.37. The largest absolute Gasteiger partial charge is 0.339 e. The summed E-state index contributed by atoms with van der Waals surface area (Å²) in [6, 6.07) is 7.94. The lowest BCUT2D eigenvalue weighted by atomic mass is 10.1. The normalized spacial score (nSPS) is 11.3. The molecule has 0 saturated carbocycles. The minimum Gasteiger partial charge on any atom is -0.339 e. The Balaban J connectivity index is 1.80. The monoisotopic (exact) mass is 352 g/mol. The van der Waals surface area contributed by atoms with Crippen molar-refractivity contribution in [3.8, 4) is 0 Å². The first kappa shape index (κ1) is 18.0. The zero-order chi connectivity index (χ0) is 18.8. The number of hydrogen-bond acceptors (Lipinski definition) is 5. The molecule has 0 bridgehead atoms. The Morgan fingerprint density at radius 3 is 2.69 bits per heavy atom. The maximum Gasteiger partial charge on any atom is 0.255 e. The van der Waals surface area contributed by atoms with Crippen LogP contribution in [0.5, 0.6) is 0 Å². The second kappa shape index (κ2) is 7.23. The van der Waals surface area contributed by atoms with Crippen LogP contribution in [0.15, 0.2) is 28.8 Å². The predicted molar refractivity (Wildman–Crippen MR) is 99.9 cm³/mol. The topological polar surface area (TPSA) is 72.1 Å². The molecule has 6 nitrogen and oxygen atoms in total. The molecule has 1 amide bonds. The lowest BCUT2D eigenvalue weighted by Gasteiger charge is -2.16. The molecular weight excluding hydrogens is 328 g/mol. The van der Waals surface area contributed by atoms with E-state index in [9.17, 15) is 4.79 Å². The van der Waals surface area contributed by atoms with Crippen molar-refractivity contribution in [2.24, 2.45) is 5.92 Å². The van der Waals surface area contributed by atoms with Crippen molar-refractivity contribution in [1.29, 1.82) is 0 Å². The molecule has 0 radical (unpaired) electrons. The van der Waals surface area contributed by atoms with Gasteiger partial charge in [0.15, 0.2) is 5.82 Å². The van der Waals surface area contributed by atoms with Crippen molar-refractivity contribution in [3.63, 3.8) is 0 Å². The van der Waals surface area contributed by atoms with Crippen LogP contribution in [0.2, 0.25) is 0 Å². The predicted octanol–water partition coefficient (Wildman–Crippen LogP) is 3.71. The highest BCUT2D eigenvalue weighted by atomic mass is 16.5. The summed E-state index contributed by atoms with van der Waals surface area (Å²) < 4.78 is 5.24. The molecule has 0 N–H and O–H groups in total. The van der Waals surface area contributed by atoms with Crippen molar-refractivity contribution in [3.05, 3.63) is 52.8 Å². The fourth-order valence-electron chi connectivity index (χ4n) is 2.88. The molecule has 3 rings (SSSR count). The van der Waals surface area contributed by atoms with Gasteiger partial charge in [-0.1, -0.05) is 30.6 Å². The highest BCUT2D eigenvalue weighted by molar-refractivity contribution is 5.98. The van der Waals surface area contributed by atoms with Crippen LogP contribution in [-0.4, -0.2) is 33.0 Å². The Morgan fingerprint density at radius 2 is 1.96 bits per heavy atom. The highest BCUT2D eigenvalue weighted by Gasteiger charge is 2.18. The molecule has 0 saturated heterocycles. The molecule has 136 valence electrons. The fourth-order valence-corrected chi connectivity index (χ4v) is 2.88. The third kappa shape index (κ3) is 3.90. The van der Waals surface area contributed by atoms with Gasteiger partial charge in [0.05, 0.1) is 23.3 Å². The number of fused-ring (bicyclic) bond motifs is 1. The molecule has 26 heavy (non-hydrogen) atoms. The summed E-state index contributed by atoms with van der Waals surface area (Å²) >= 11 is 0. The molecule has 0 aliphatic rings. The summed E-state index contributed by atoms with van der Waals surface area (Å²) in [5.41, 5.74) is 3.34. The van der Waals surface area contributed by atoms with Gasteiger partial charge in [0.25, 0.3) is 5.91 Å². The summed E-state index contributed by atoms with van der Waals surface area (Å²) in [7, 11) is 1.74. The zero-order valence-corrected chi connectivity index (χ0v) is 15.9. The van der Waals surface area contributed by atoms with Crippen LogP contribution in [0.25, 0.3) is 10.9 Å². The highest BCUT2D eigenvalue weighted by Crippen LogP contribution is 2.19. The van der Waals surface area contributed by atoms with Crippen LogP contribution in [0.4, 0.5) is 0 Å². The second-order valence-electron chi connectivity index (χ2n) is 7.18. The van der Waals surface area contributed by atoms with E-state index < -0.39 is 0 Å². The molecule has 2 heterocycles. The van der Waals surface area contributed by atoms with Crippen LogP contribution in [0.3, 0.4) is 0 Å². The maximum absolute atomic E-state index is 12.9. The number of pyridine rings is 1. The van der Waals surface area contributed by atoms with E-state index in [-0.39, 0.29) is 5.91 Å². The Bertz CT molecular complexity index is 946. The van der Waals surface area contributed by atoms with Crippen LogP contribution < -0.4 is 0 Å². The molecule has 0 unspecified atom stereocenters. The van der Waals surface area contributed by atoms with Crippen molar-refractivity contribution in [2.75, 3.05) is 7.05 Å². The van der Waals surface area contributed by atoms with Crippen LogP contribution in [-0.2, 0) is 13.0 Å². The van der Waals surface area contributed by atoms with E-state index in [2.05, 4.69) is 29.0 Å². The SMILES string of the molecule is Cc1ccc2nc(C)c(C(=O)N(C)Cc3noc(CC(C)C)n3)cc2c1. The Labute approximate surface area is 153 Å². The number of carbonyl (C=O) groups is 1. The summed E-state index contributed by atoms with van der Waals surface area (Å²) in [5.74, 6) is 1.46. The number of amides is 1. The number of rotatable bonds is 5. The van der Waals surface area contributed by atoms with Crippen LogP contribution in [0.1, 0.15) is 47.2 Å². The molecular formula is C20H24N4O2. The number of aryl methyl sites for hydroxylation is 2. The standard InChI is InChI=1S/C20H24N4O2/c1-12(2)8-19-22-18(23-26-19)11-24(5)20(25)16-10-15-9-13(3)6-7-17(15)21-14(16)4/h6-7,9-10,12H,8,11H2,1-5H3. The van der Waals surface area contributed by atoms with Gasteiger partial charge in [-0.15, -0.1) is 0 Å². The van der Waals surface area contributed by atoms with Gasteiger partial charge in [-0.05, 0) is 38.0 Å². The molecule has 0 fully saturated rings. The van der Waals surface area contributed by atoms with E-state index in [1.54, 1.807) is 11.9 Å². The smallest absolute Gasteiger partial charge is 0.255 e. The van der Waals surface area contributed by atoms with E-state index >= 15 is 0 Å². The summed E-state index contributed by atoms with van der Waals surface area (Å²) in [4.78, 5) is 23.4. The first-order chi connectivity index (χ1) is 12.3. The lowest BCUT2D eigenvalue weighted by molar-refractivity contribution is 0.0779. The van der Waals surface area contributed by atoms with E-state index in [0.717, 1.165) is 22.9 Å². The third-order valence-electron chi connectivity index (χ3n) is 4.21. The van der Waals surface area contributed by atoms with Gasteiger partial charge in [0, 0.05) is 18.9 Å². The average Bonchev–Trinajstić information content (AvgIpc) is 3.00. The minimum absolute atomic E-state index is 0.103. The summed E-state index contributed by atoms with van der Waals surface area (Å²) in [6.07, 6.45) is 0.734. The number of aromatic nitrogens is 3. The number of carbonyl (C=O) groups excluding carboxylic acids is 1. The van der Waals surface area contributed by atoms with Crippen molar-refractivity contribution < 1.29 is 9.32 Å². The van der Waals surface area contributed by atoms with Gasteiger partial charge >= 0.3 is 0 Å². The third-order valence-corrected chi connectivity index (χ3v) is 4.21. The molecule has 0 atom stereocenters. The van der Waals surface area contributed by atoms with Gasteiger partial charge < -0.3 is 9.42 Å². The quantitative estimate of drug-likeness (QED) is 0.700. The Morgan fingerprint density at radius 1 is 1.19 bits per heavy atom. The van der Waals surface area contributed by atoms with Gasteiger partial charge in [0.2, 0.25) is 5.89 Å². The van der Waals surface area contributed by atoms with Gasteiger partial charge in [-0.2, -0.15) is 4.98 Å². The fraction of sp³-hybridized carbons (Fsp3) is 0.400. The van der Waals surface area contributed by atoms with Crippen molar-refractivity contribution >= 4 is 16.8 Å². The minimum atomic E-state index is -0.103. The first-order valence-electron chi connectivity index (χ1n) is 8.78. The van der Waals surface area contributed by atoms with Crippen LogP contribution >= 0.6 is 0 Å². The maximum atomic E-state index is 12.9. The molecule has 1 aromatic carbocycles. The second-order valence-corrected chi connectivity index (χ2v) is 7.18. The Hall–Kier alpha value is -2.76. The molecule has 2 aromatic heterocycles. The van der Waals surface area contributed by atoms with E-state index in [4.69, 9.17) is 4.52 Å². The van der Waals surface area contributed by atoms with Crippen LogP contribution in [0, 0.1) is 19.8 Å². The van der Waals surface area contributed by atoms with Gasteiger partial charge in [-0.3, -0.25) is 9.78 Å². The van der Waals surface area contributed by atoms with E-state index in [1.165, 1.54) is 0 Å². The molecule has 3 aromatic rings. The first-order valence-corrected chi connectivity index (χ1v) is 8.78. The van der Waals surface area contributed by atoms with Gasteiger partial charge in [0.1, 0.15) is 0 Å². The van der Waals surface area contributed by atoms with E-state index in [1.807, 2.05) is 38.1 Å². The van der Waals surface area contributed by atoms with Crippen molar-refractivity contribution in [2.45, 2.75) is 40.7 Å².